The quantitative estimate of drug-likeness (QED) is 0.0349. The Hall–Kier alpha value is -6.09. The van der Waals surface area contributed by atoms with Gasteiger partial charge >= 0.3 is 17.9 Å². The van der Waals surface area contributed by atoms with Crippen LogP contribution < -0.4 is 16.0 Å². The van der Waals surface area contributed by atoms with Crippen LogP contribution in [0.2, 0.25) is 0 Å². The summed E-state index contributed by atoms with van der Waals surface area (Å²) in [5, 5.41) is 23.6. The van der Waals surface area contributed by atoms with E-state index in [1.54, 1.807) is 12.2 Å². The van der Waals surface area contributed by atoms with Gasteiger partial charge in [-0.25, -0.2) is 4.79 Å². The summed E-state index contributed by atoms with van der Waals surface area (Å²) in [5.41, 5.74) is 9.36. The molecular formula is C44H50N4O10. The highest BCUT2D eigenvalue weighted by molar-refractivity contribution is 5.98. The molecule has 1 aliphatic carbocycles. The van der Waals surface area contributed by atoms with Crippen LogP contribution in [0.15, 0.2) is 53.6 Å². The molecular weight excluding hydrogens is 745 g/mol. The van der Waals surface area contributed by atoms with Crippen molar-refractivity contribution in [1.29, 1.82) is 0 Å². The highest BCUT2D eigenvalue weighted by Crippen LogP contribution is 2.55. The van der Waals surface area contributed by atoms with Gasteiger partial charge in [-0.05, 0) is 91.8 Å². The predicted octanol–water partition coefficient (Wildman–Crippen LogP) is 3.50. The number of methoxy groups -OCH3 is 2. The second-order valence-electron chi connectivity index (χ2n) is 14.5. The zero-order chi connectivity index (χ0) is 41.9. The average Bonchev–Trinajstić information content (AvgIpc) is 3.86. The number of aliphatic hydroxyl groups excluding tert-OH is 2. The Morgan fingerprint density at radius 1 is 0.845 bits per heavy atom. The van der Waals surface area contributed by atoms with Crippen molar-refractivity contribution in [1.82, 2.24) is 20.3 Å². The number of nitrogens with one attached hydrogen (secondary N) is 4. The van der Waals surface area contributed by atoms with Gasteiger partial charge in [-0.3, -0.25) is 9.59 Å². The first-order valence-corrected chi connectivity index (χ1v) is 18.9. The van der Waals surface area contributed by atoms with Gasteiger partial charge in [-0.1, -0.05) is 31.4 Å². The van der Waals surface area contributed by atoms with Crippen molar-refractivity contribution in [3.63, 3.8) is 0 Å². The van der Waals surface area contributed by atoms with Crippen LogP contribution in [0.1, 0.15) is 69.5 Å². The van der Waals surface area contributed by atoms with Crippen LogP contribution in [0, 0.1) is 32.1 Å². The van der Waals surface area contributed by atoms with Crippen LogP contribution in [0.25, 0.3) is 30.4 Å². The Labute approximate surface area is 335 Å². The molecule has 0 spiro atoms. The molecule has 2 atom stereocenters. The molecule has 306 valence electrons. The van der Waals surface area contributed by atoms with Crippen molar-refractivity contribution in [3.8, 4) is 0 Å². The molecule has 8 bridgehead atoms. The van der Waals surface area contributed by atoms with E-state index in [9.17, 15) is 24.6 Å². The van der Waals surface area contributed by atoms with Crippen LogP contribution in [0.4, 0.5) is 0 Å². The number of ether oxygens (including phenoxy) is 3. The minimum Gasteiger partial charge on any atom is -0.469 e. The molecule has 3 aliphatic rings. The van der Waals surface area contributed by atoms with E-state index >= 15 is 0 Å². The fourth-order valence-corrected chi connectivity index (χ4v) is 8.05. The summed E-state index contributed by atoms with van der Waals surface area (Å²) in [6.45, 7) is 15.4. The number of allylic oxidation sites excluding steroid dienone is 5. The second-order valence-corrected chi connectivity index (χ2v) is 14.5. The summed E-state index contributed by atoms with van der Waals surface area (Å²) in [6.07, 6.45) is 13.8. The number of H-pyrrole nitrogens is 3. The molecule has 0 aromatic carbocycles. The number of fused-ring (bicyclic) bond motifs is 11. The lowest BCUT2D eigenvalue weighted by Gasteiger charge is -2.36. The monoisotopic (exact) mass is 794 g/mol. The van der Waals surface area contributed by atoms with Gasteiger partial charge in [0, 0.05) is 63.3 Å². The van der Waals surface area contributed by atoms with Crippen LogP contribution in [-0.2, 0) is 51.2 Å². The maximum absolute atomic E-state index is 13.8. The molecule has 1 fully saturated rings. The summed E-state index contributed by atoms with van der Waals surface area (Å²) in [5.74, 6) is -2.42. The maximum Gasteiger partial charge on any atom is 0.334 e. The molecule has 0 saturated carbocycles. The number of aromatic nitrogens is 3. The fraction of sp³-hybridized carbons (Fsp3) is 0.341. The standard InChI is InChI=1S/C44H50N4O10/c1-9-27-24(3)32-19-33-26(5)30(18-23(2)58-57-17-15-50)36(46-33)21-35-28(11-13-40(51)56-16-14-49)25(4)34(45-35)20-38-31-12-10-29(42(52)54-7)41(43(53)55-8)44(31,6)39(48-38)22-37(27)47-32/h9-10,12,19-22,41,45-50H,1-2,11,13-18H2,3-8H3. The topological polar surface area (TPSA) is 197 Å². The number of aliphatic hydroxyl groups is 2. The van der Waals surface area contributed by atoms with Crippen molar-refractivity contribution in [2.45, 2.75) is 47.0 Å². The molecule has 3 aromatic rings. The van der Waals surface area contributed by atoms with Gasteiger partial charge in [0.05, 0.1) is 38.4 Å². The van der Waals surface area contributed by atoms with Gasteiger partial charge < -0.3 is 49.6 Å². The SMILES string of the molecule is C=Cc1c2[nH]c(c1C)C=c1[nH]c(c(CC(=C)OOCCO)c1C)=Cc1[nH]c(c(C)c1CCC(=O)OCCO)C=C1NC(=C2)C2(C)C1=CC=C(C(=O)OC)C2C(=O)OC. The number of hydrogen-bond donors (Lipinski definition) is 6. The summed E-state index contributed by atoms with van der Waals surface area (Å²) in [4.78, 5) is 61.0. The van der Waals surface area contributed by atoms with E-state index in [4.69, 9.17) is 24.0 Å². The summed E-state index contributed by atoms with van der Waals surface area (Å²) in [7, 11) is 2.57. The van der Waals surface area contributed by atoms with Gasteiger partial charge in [0.25, 0.3) is 0 Å². The van der Waals surface area contributed by atoms with Crippen LogP contribution in [0.3, 0.4) is 0 Å². The molecule has 6 rings (SSSR count). The number of esters is 3. The third-order valence-electron chi connectivity index (χ3n) is 11.1. The molecule has 2 unspecified atom stereocenters. The maximum atomic E-state index is 13.8. The van der Waals surface area contributed by atoms with Crippen molar-refractivity contribution in [2.75, 3.05) is 40.6 Å². The molecule has 3 aromatic heterocycles. The van der Waals surface area contributed by atoms with Gasteiger partial charge in [-0.15, -0.1) is 0 Å². The second kappa shape index (κ2) is 17.2. The number of carbonyl (C=O) groups is 3. The zero-order valence-corrected chi connectivity index (χ0v) is 33.6. The smallest absolute Gasteiger partial charge is 0.334 e. The summed E-state index contributed by atoms with van der Waals surface area (Å²) >= 11 is 0. The summed E-state index contributed by atoms with van der Waals surface area (Å²) < 4.78 is 15.7. The first-order valence-electron chi connectivity index (χ1n) is 18.9. The van der Waals surface area contributed by atoms with E-state index in [0.717, 1.165) is 72.4 Å². The highest BCUT2D eigenvalue weighted by atomic mass is 17.2. The molecule has 5 heterocycles. The Morgan fingerprint density at radius 2 is 1.55 bits per heavy atom. The zero-order valence-electron chi connectivity index (χ0n) is 33.6. The number of rotatable bonds is 14. The molecule has 14 nitrogen and oxygen atoms in total. The van der Waals surface area contributed by atoms with Crippen molar-refractivity contribution < 1.29 is 48.6 Å². The molecule has 6 N–H and O–H groups in total. The molecule has 0 radical (unpaired) electrons. The first-order chi connectivity index (χ1) is 27.8. The Kier molecular flexibility index (Phi) is 12.3. The van der Waals surface area contributed by atoms with Crippen LogP contribution in [-0.4, -0.2) is 83.7 Å². The number of aromatic amines is 3. The van der Waals surface area contributed by atoms with E-state index in [1.165, 1.54) is 14.2 Å². The lowest BCUT2D eigenvalue weighted by Crippen LogP contribution is -2.40. The van der Waals surface area contributed by atoms with Crippen molar-refractivity contribution in [2.24, 2.45) is 11.3 Å². The van der Waals surface area contributed by atoms with Gasteiger partial charge in [0.2, 0.25) is 0 Å². The van der Waals surface area contributed by atoms with E-state index in [2.05, 4.69) is 33.4 Å². The molecule has 1 saturated heterocycles. The Morgan fingerprint density at radius 3 is 2.24 bits per heavy atom. The predicted molar refractivity (Wildman–Crippen MR) is 217 cm³/mol. The normalized spacial score (nSPS) is 17.9. The summed E-state index contributed by atoms with van der Waals surface area (Å²) in [6, 6.07) is 0. The first kappa shape index (κ1) is 41.5. The van der Waals surface area contributed by atoms with Crippen molar-refractivity contribution >= 4 is 48.3 Å². The molecule has 58 heavy (non-hydrogen) atoms. The van der Waals surface area contributed by atoms with Crippen LogP contribution in [0.5, 0.6) is 0 Å². The van der Waals surface area contributed by atoms with E-state index < -0.39 is 29.2 Å². The van der Waals surface area contributed by atoms with Gasteiger partial charge in [0.1, 0.15) is 24.9 Å². The van der Waals surface area contributed by atoms with Crippen LogP contribution >= 0.6 is 0 Å². The lowest BCUT2D eigenvalue weighted by atomic mass is 9.64. The Balaban J connectivity index is 1.66. The van der Waals surface area contributed by atoms with Gasteiger partial charge in [-0.2, -0.15) is 4.89 Å². The van der Waals surface area contributed by atoms with E-state index in [0.29, 0.717) is 23.6 Å². The van der Waals surface area contributed by atoms with Crippen molar-refractivity contribution in [3.05, 3.63) is 120 Å². The molecule has 14 heteroatoms. The molecule has 2 aliphatic heterocycles. The average molecular weight is 795 g/mol. The number of carbonyl (C=O) groups excluding carboxylic acids is 3. The fourth-order valence-electron chi connectivity index (χ4n) is 8.05. The minimum absolute atomic E-state index is 0.0134. The number of hydrogen-bond acceptors (Lipinski definition) is 11. The van der Waals surface area contributed by atoms with E-state index in [-0.39, 0.29) is 44.8 Å². The third-order valence-corrected chi connectivity index (χ3v) is 11.1. The largest absolute Gasteiger partial charge is 0.469 e. The van der Waals surface area contributed by atoms with Gasteiger partial charge in [0.15, 0.2) is 0 Å². The lowest BCUT2D eigenvalue weighted by molar-refractivity contribution is -0.266. The molecule has 0 amide bonds. The third kappa shape index (κ3) is 7.65. The minimum atomic E-state index is -1.12. The highest BCUT2D eigenvalue weighted by Gasteiger charge is 2.55. The Bertz CT molecular complexity index is 2430. The van der Waals surface area contributed by atoms with E-state index in [1.807, 2.05) is 58.1 Å².